The van der Waals surface area contributed by atoms with Gasteiger partial charge < -0.3 is 19.1 Å². The quantitative estimate of drug-likeness (QED) is 0.866. The molecule has 0 saturated carbocycles. The maximum atomic E-state index is 5.45. The molecule has 0 aromatic heterocycles. The van der Waals surface area contributed by atoms with Crippen molar-refractivity contribution in [3.8, 4) is 17.2 Å². The molecule has 2 aliphatic rings. The van der Waals surface area contributed by atoms with Gasteiger partial charge in [-0.3, -0.25) is 0 Å². The molecule has 0 aliphatic carbocycles. The number of nitrogens with zero attached hydrogens (tertiary/aromatic N) is 1. The highest BCUT2D eigenvalue weighted by Crippen LogP contribution is 2.35. The zero-order valence-corrected chi connectivity index (χ0v) is 12.0. The van der Waals surface area contributed by atoms with Crippen molar-refractivity contribution in [3.63, 3.8) is 0 Å². The van der Waals surface area contributed by atoms with Crippen molar-refractivity contribution in [1.29, 1.82) is 0 Å². The first-order valence-corrected chi connectivity index (χ1v) is 7.14. The summed E-state index contributed by atoms with van der Waals surface area (Å²) in [6, 6.07) is 12.5. The van der Waals surface area contributed by atoms with Crippen LogP contribution in [0.15, 0.2) is 36.4 Å². The smallest absolute Gasteiger partial charge is 0.231 e. The van der Waals surface area contributed by atoms with Crippen molar-refractivity contribution in [3.05, 3.63) is 47.5 Å². The van der Waals surface area contributed by atoms with Crippen LogP contribution >= 0.6 is 0 Å². The maximum absolute atomic E-state index is 5.45. The Kier molecular flexibility index (Phi) is 2.88. The van der Waals surface area contributed by atoms with Crippen molar-refractivity contribution >= 4 is 5.69 Å². The summed E-state index contributed by atoms with van der Waals surface area (Å²) in [5, 5.41) is 0. The second-order valence-electron chi connectivity index (χ2n) is 5.35. The molecule has 0 spiro atoms. The van der Waals surface area contributed by atoms with E-state index in [0.29, 0.717) is 6.79 Å². The zero-order chi connectivity index (χ0) is 14.2. The van der Waals surface area contributed by atoms with E-state index in [4.69, 9.17) is 14.2 Å². The summed E-state index contributed by atoms with van der Waals surface area (Å²) in [5.41, 5.74) is 3.89. The minimum atomic E-state index is 0.322. The number of rotatable bonds is 3. The first kappa shape index (κ1) is 12.4. The van der Waals surface area contributed by atoms with Crippen LogP contribution in [0.5, 0.6) is 17.2 Å². The first-order chi connectivity index (χ1) is 10.3. The van der Waals surface area contributed by atoms with Gasteiger partial charge in [0.15, 0.2) is 11.5 Å². The van der Waals surface area contributed by atoms with Crippen LogP contribution in [0.25, 0.3) is 0 Å². The number of ether oxygens (including phenoxy) is 3. The Labute approximate surface area is 123 Å². The second-order valence-corrected chi connectivity index (χ2v) is 5.35. The molecule has 4 rings (SSSR count). The summed E-state index contributed by atoms with van der Waals surface area (Å²) in [6.07, 6.45) is 1.09. The summed E-state index contributed by atoms with van der Waals surface area (Å²) in [6.45, 7) is 2.23. The van der Waals surface area contributed by atoms with E-state index in [1.165, 1.54) is 16.8 Å². The van der Waals surface area contributed by atoms with Gasteiger partial charge >= 0.3 is 0 Å². The van der Waals surface area contributed by atoms with Crippen molar-refractivity contribution in [2.45, 2.75) is 13.0 Å². The topological polar surface area (TPSA) is 30.9 Å². The molecule has 0 bridgehead atoms. The molecule has 0 unspecified atom stereocenters. The van der Waals surface area contributed by atoms with E-state index in [1.54, 1.807) is 7.11 Å². The molecule has 2 heterocycles. The van der Waals surface area contributed by atoms with Crippen molar-refractivity contribution in [2.24, 2.45) is 0 Å². The number of hydrogen-bond acceptors (Lipinski definition) is 4. The van der Waals surface area contributed by atoms with Gasteiger partial charge in [-0.2, -0.15) is 0 Å². The molecular formula is C17H17NO3. The third-order valence-electron chi connectivity index (χ3n) is 4.09. The van der Waals surface area contributed by atoms with Gasteiger partial charge in [0.05, 0.1) is 7.11 Å². The molecule has 0 N–H and O–H groups in total. The highest BCUT2D eigenvalue weighted by atomic mass is 16.7. The van der Waals surface area contributed by atoms with Crippen molar-refractivity contribution in [2.75, 3.05) is 25.3 Å². The summed E-state index contributed by atoms with van der Waals surface area (Å²) in [7, 11) is 1.71. The predicted molar refractivity (Wildman–Crippen MR) is 80.3 cm³/mol. The lowest BCUT2D eigenvalue weighted by Crippen LogP contribution is -2.19. The van der Waals surface area contributed by atoms with E-state index in [-0.39, 0.29) is 0 Å². The van der Waals surface area contributed by atoms with Gasteiger partial charge in [-0.05, 0) is 35.7 Å². The fourth-order valence-electron chi connectivity index (χ4n) is 2.98. The number of fused-ring (bicyclic) bond motifs is 2. The molecule has 108 valence electrons. The minimum Gasteiger partial charge on any atom is -0.497 e. The van der Waals surface area contributed by atoms with E-state index < -0.39 is 0 Å². The molecule has 21 heavy (non-hydrogen) atoms. The molecular weight excluding hydrogens is 266 g/mol. The number of benzene rings is 2. The molecule has 0 saturated heterocycles. The fraction of sp³-hybridized carbons (Fsp3) is 0.294. The summed E-state index contributed by atoms with van der Waals surface area (Å²) in [5.74, 6) is 2.59. The third kappa shape index (κ3) is 2.17. The monoisotopic (exact) mass is 283 g/mol. The van der Waals surface area contributed by atoms with E-state index in [0.717, 1.165) is 36.8 Å². The van der Waals surface area contributed by atoms with Gasteiger partial charge in [0.25, 0.3) is 0 Å². The van der Waals surface area contributed by atoms with Crippen LogP contribution in [-0.2, 0) is 13.0 Å². The molecule has 2 aromatic rings. The minimum absolute atomic E-state index is 0.322. The Morgan fingerprint density at radius 3 is 2.90 bits per heavy atom. The Morgan fingerprint density at radius 1 is 1.10 bits per heavy atom. The number of methoxy groups -OCH3 is 1. The van der Waals surface area contributed by atoms with E-state index in [9.17, 15) is 0 Å². The van der Waals surface area contributed by atoms with E-state index >= 15 is 0 Å². The first-order valence-electron chi connectivity index (χ1n) is 7.14. The lowest BCUT2D eigenvalue weighted by molar-refractivity contribution is 0.174. The summed E-state index contributed by atoms with van der Waals surface area (Å²) < 4.78 is 16.1. The predicted octanol–water partition coefficient (Wildman–Crippen LogP) is 2.99. The average molecular weight is 283 g/mol. The standard InChI is InChI=1S/C17H17NO3/c1-19-14-4-3-13-6-7-18(15(13)9-14)10-12-2-5-16-17(8-12)21-11-20-16/h2-5,8-9H,6-7,10-11H2,1H3. The number of anilines is 1. The van der Waals surface area contributed by atoms with Crippen LogP contribution in [0.4, 0.5) is 5.69 Å². The van der Waals surface area contributed by atoms with Crippen molar-refractivity contribution in [1.82, 2.24) is 0 Å². The summed E-state index contributed by atoms with van der Waals surface area (Å²) in [4.78, 5) is 2.38. The largest absolute Gasteiger partial charge is 0.497 e. The molecule has 4 heteroatoms. The van der Waals surface area contributed by atoms with Crippen LogP contribution < -0.4 is 19.1 Å². The van der Waals surface area contributed by atoms with Crippen LogP contribution in [0.1, 0.15) is 11.1 Å². The molecule has 0 fully saturated rings. The van der Waals surface area contributed by atoms with Crippen LogP contribution in [-0.4, -0.2) is 20.4 Å². The summed E-state index contributed by atoms with van der Waals surface area (Å²) >= 11 is 0. The highest BCUT2D eigenvalue weighted by Gasteiger charge is 2.21. The number of hydrogen-bond donors (Lipinski definition) is 0. The van der Waals surface area contributed by atoms with Crippen molar-refractivity contribution < 1.29 is 14.2 Å². The van der Waals surface area contributed by atoms with Crippen LogP contribution in [0.3, 0.4) is 0 Å². The molecule has 4 nitrogen and oxygen atoms in total. The lowest BCUT2D eigenvalue weighted by Gasteiger charge is -2.20. The average Bonchev–Trinajstić information content (AvgIpc) is 3.13. The fourth-order valence-corrected chi connectivity index (χ4v) is 2.98. The molecule has 0 radical (unpaired) electrons. The maximum Gasteiger partial charge on any atom is 0.231 e. The van der Waals surface area contributed by atoms with Gasteiger partial charge in [0.2, 0.25) is 6.79 Å². The Bertz CT molecular complexity index is 684. The normalized spacial score (nSPS) is 15.2. The molecule has 0 amide bonds. The third-order valence-corrected chi connectivity index (χ3v) is 4.09. The van der Waals surface area contributed by atoms with Gasteiger partial charge in [0.1, 0.15) is 5.75 Å². The Balaban J connectivity index is 1.59. The SMILES string of the molecule is COc1ccc2c(c1)N(Cc1ccc3c(c1)OCO3)CC2. The lowest BCUT2D eigenvalue weighted by atomic mass is 10.1. The van der Waals surface area contributed by atoms with Gasteiger partial charge in [0, 0.05) is 24.8 Å². The molecule has 0 atom stereocenters. The molecule has 2 aliphatic heterocycles. The van der Waals surface area contributed by atoms with Gasteiger partial charge in [-0.25, -0.2) is 0 Å². The van der Waals surface area contributed by atoms with Gasteiger partial charge in [-0.15, -0.1) is 0 Å². The Hall–Kier alpha value is -2.36. The van der Waals surface area contributed by atoms with E-state index in [1.807, 2.05) is 12.1 Å². The zero-order valence-electron chi connectivity index (χ0n) is 12.0. The van der Waals surface area contributed by atoms with Gasteiger partial charge in [-0.1, -0.05) is 12.1 Å². The second kappa shape index (κ2) is 4.88. The van der Waals surface area contributed by atoms with E-state index in [2.05, 4.69) is 29.2 Å². The Morgan fingerprint density at radius 2 is 2.00 bits per heavy atom. The highest BCUT2D eigenvalue weighted by molar-refractivity contribution is 5.61. The van der Waals surface area contributed by atoms with Crippen LogP contribution in [0.2, 0.25) is 0 Å². The molecule has 2 aromatic carbocycles. The van der Waals surface area contributed by atoms with Crippen LogP contribution in [0, 0.1) is 0 Å².